The van der Waals surface area contributed by atoms with Gasteiger partial charge in [0.1, 0.15) is 5.60 Å². The first-order chi connectivity index (χ1) is 7.29. The molecular weight excluding hydrogens is 204 g/mol. The second-order valence-electron chi connectivity index (χ2n) is 4.63. The number of anilines is 2. The number of hydrogen-bond acceptors (Lipinski definition) is 3. The molecule has 0 heterocycles. The summed E-state index contributed by atoms with van der Waals surface area (Å²) < 4.78 is 5.24. The van der Waals surface area contributed by atoms with Crippen molar-refractivity contribution in [1.29, 1.82) is 0 Å². The first-order valence-corrected chi connectivity index (χ1v) is 5.12. The number of rotatable bonds is 1. The van der Waals surface area contributed by atoms with Gasteiger partial charge >= 0.3 is 6.09 Å². The standard InChI is InChI=1S/C12H18N2O2/c1-12(2,3)16-11(15)14(4)10-7-5-9(13)6-8-10/h5-8H,13H2,1-4H3. The Labute approximate surface area is 96.0 Å². The zero-order chi connectivity index (χ0) is 12.3. The van der Waals surface area contributed by atoms with Crippen LogP contribution in [0.5, 0.6) is 0 Å². The van der Waals surface area contributed by atoms with Crippen molar-refractivity contribution >= 4 is 17.5 Å². The van der Waals surface area contributed by atoms with Gasteiger partial charge in [-0.15, -0.1) is 0 Å². The lowest BCUT2D eigenvalue weighted by atomic mass is 10.2. The molecule has 0 saturated carbocycles. The summed E-state index contributed by atoms with van der Waals surface area (Å²) in [6, 6.07) is 7.05. The van der Waals surface area contributed by atoms with E-state index in [1.54, 1.807) is 31.3 Å². The molecule has 0 aliphatic heterocycles. The maximum Gasteiger partial charge on any atom is 0.414 e. The van der Waals surface area contributed by atoms with E-state index in [-0.39, 0.29) is 6.09 Å². The van der Waals surface area contributed by atoms with Crippen LogP contribution in [0.1, 0.15) is 20.8 Å². The lowest BCUT2D eigenvalue weighted by Gasteiger charge is -2.24. The summed E-state index contributed by atoms with van der Waals surface area (Å²) in [4.78, 5) is 13.2. The lowest BCUT2D eigenvalue weighted by Crippen LogP contribution is -2.34. The van der Waals surface area contributed by atoms with Crippen LogP contribution < -0.4 is 10.6 Å². The molecule has 0 unspecified atom stereocenters. The van der Waals surface area contributed by atoms with Crippen LogP contribution in [0.3, 0.4) is 0 Å². The van der Waals surface area contributed by atoms with E-state index in [1.165, 1.54) is 4.90 Å². The second-order valence-corrected chi connectivity index (χ2v) is 4.63. The zero-order valence-electron chi connectivity index (χ0n) is 10.2. The number of nitrogen functional groups attached to an aromatic ring is 1. The summed E-state index contributed by atoms with van der Waals surface area (Å²) >= 11 is 0. The van der Waals surface area contributed by atoms with Gasteiger partial charge in [-0.25, -0.2) is 4.79 Å². The molecule has 1 rings (SSSR count). The smallest absolute Gasteiger partial charge is 0.414 e. The maximum atomic E-state index is 11.7. The third-order valence-electron chi connectivity index (χ3n) is 1.95. The zero-order valence-corrected chi connectivity index (χ0v) is 10.2. The molecule has 4 heteroatoms. The molecule has 0 fully saturated rings. The summed E-state index contributed by atoms with van der Waals surface area (Å²) in [5.41, 5.74) is 6.50. The van der Waals surface area contributed by atoms with E-state index < -0.39 is 5.60 Å². The highest BCUT2D eigenvalue weighted by molar-refractivity contribution is 5.87. The Morgan fingerprint density at radius 3 is 2.19 bits per heavy atom. The SMILES string of the molecule is CN(C(=O)OC(C)(C)C)c1ccc(N)cc1. The number of benzene rings is 1. The fraction of sp³-hybridized carbons (Fsp3) is 0.417. The van der Waals surface area contributed by atoms with Crippen molar-refractivity contribution in [3.63, 3.8) is 0 Å². The molecule has 4 nitrogen and oxygen atoms in total. The Balaban J connectivity index is 2.74. The molecule has 0 aliphatic carbocycles. The highest BCUT2D eigenvalue weighted by atomic mass is 16.6. The molecule has 2 N–H and O–H groups in total. The number of amides is 1. The van der Waals surface area contributed by atoms with E-state index in [0.717, 1.165) is 5.69 Å². The topological polar surface area (TPSA) is 55.6 Å². The third kappa shape index (κ3) is 3.46. The summed E-state index contributed by atoms with van der Waals surface area (Å²) in [5.74, 6) is 0. The minimum absolute atomic E-state index is 0.378. The Bertz CT molecular complexity index is 366. The van der Waals surface area contributed by atoms with Crippen molar-refractivity contribution in [1.82, 2.24) is 0 Å². The Hall–Kier alpha value is -1.71. The fourth-order valence-electron chi connectivity index (χ4n) is 1.13. The normalized spacial score (nSPS) is 11.0. The summed E-state index contributed by atoms with van der Waals surface area (Å²) in [5, 5.41) is 0. The predicted molar refractivity (Wildman–Crippen MR) is 65.5 cm³/mol. The average Bonchev–Trinajstić information content (AvgIpc) is 2.15. The minimum atomic E-state index is -0.487. The number of nitrogens with zero attached hydrogens (tertiary/aromatic N) is 1. The highest BCUT2D eigenvalue weighted by Gasteiger charge is 2.20. The molecule has 16 heavy (non-hydrogen) atoms. The van der Waals surface area contributed by atoms with Gasteiger partial charge in [0.2, 0.25) is 0 Å². The Morgan fingerprint density at radius 1 is 1.25 bits per heavy atom. The van der Waals surface area contributed by atoms with Crippen molar-refractivity contribution in [3.05, 3.63) is 24.3 Å². The fourth-order valence-corrected chi connectivity index (χ4v) is 1.13. The van der Waals surface area contributed by atoms with Gasteiger partial charge < -0.3 is 10.5 Å². The molecule has 0 aliphatic rings. The number of ether oxygens (including phenoxy) is 1. The Kier molecular flexibility index (Phi) is 3.42. The van der Waals surface area contributed by atoms with E-state index in [0.29, 0.717) is 5.69 Å². The highest BCUT2D eigenvalue weighted by Crippen LogP contribution is 2.17. The van der Waals surface area contributed by atoms with E-state index >= 15 is 0 Å². The summed E-state index contributed by atoms with van der Waals surface area (Å²) in [7, 11) is 1.67. The van der Waals surface area contributed by atoms with Gasteiger partial charge in [-0.05, 0) is 45.0 Å². The van der Waals surface area contributed by atoms with Gasteiger partial charge in [-0.2, -0.15) is 0 Å². The number of hydrogen-bond donors (Lipinski definition) is 1. The minimum Gasteiger partial charge on any atom is -0.443 e. The van der Waals surface area contributed by atoms with Crippen molar-refractivity contribution in [3.8, 4) is 0 Å². The summed E-state index contributed by atoms with van der Waals surface area (Å²) in [6.07, 6.45) is -0.378. The number of carbonyl (C=O) groups excluding carboxylic acids is 1. The van der Waals surface area contributed by atoms with E-state index in [4.69, 9.17) is 10.5 Å². The maximum absolute atomic E-state index is 11.7. The van der Waals surface area contributed by atoms with Crippen LogP contribution in [-0.4, -0.2) is 18.7 Å². The van der Waals surface area contributed by atoms with Crippen LogP contribution in [0.4, 0.5) is 16.2 Å². The van der Waals surface area contributed by atoms with Crippen molar-refractivity contribution < 1.29 is 9.53 Å². The average molecular weight is 222 g/mol. The number of carbonyl (C=O) groups is 1. The first-order valence-electron chi connectivity index (χ1n) is 5.12. The molecule has 1 amide bonds. The molecule has 0 atom stereocenters. The molecule has 1 aromatic rings. The van der Waals surface area contributed by atoms with Crippen LogP contribution in [-0.2, 0) is 4.74 Å². The van der Waals surface area contributed by atoms with Crippen molar-refractivity contribution in [2.75, 3.05) is 17.7 Å². The molecule has 0 spiro atoms. The van der Waals surface area contributed by atoms with Crippen LogP contribution in [0, 0.1) is 0 Å². The van der Waals surface area contributed by atoms with Gasteiger partial charge in [0.25, 0.3) is 0 Å². The molecule has 0 saturated heterocycles. The lowest BCUT2D eigenvalue weighted by molar-refractivity contribution is 0.0589. The van der Waals surface area contributed by atoms with Gasteiger partial charge in [-0.3, -0.25) is 4.90 Å². The van der Waals surface area contributed by atoms with E-state index in [9.17, 15) is 4.79 Å². The van der Waals surface area contributed by atoms with E-state index in [2.05, 4.69) is 0 Å². The quantitative estimate of drug-likeness (QED) is 0.743. The van der Waals surface area contributed by atoms with Crippen molar-refractivity contribution in [2.24, 2.45) is 0 Å². The van der Waals surface area contributed by atoms with Crippen molar-refractivity contribution in [2.45, 2.75) is 26.4 Å². The third-order valence-corrected chi connectivity index (χ3v) is 1.95. The summed E-state index contributed by atoms with van der Waals surface area (Å²) in [6.45, 7) is 5.51. The molecule has 0 radical (unpaired) electrons. The largest absolute Gasteiger partial charge is 0.443 e. The molecule has 88 valence electrons. The second kappa shape index (κ2) is 4.43. The molecule has 0 bridgehead atoms. The van der Waals surface area contributed by atoms with Crippen LogP contribution >= 0.6 is 0 Å². The number of nitrogens with two attached hydrogens (primary N) is 1. The van der Waals surface area contributed by atoms with Crippen LogP contribution in [0.15, 0.2) is 24.3 Å². The van der Waals surface area contributed by atoms with E-state index in [1.807, 2.05) is 20.8 Å². The van der Waals surface area contributed by atoms with Gasteiger partial charge in [0.05, 0.1) is 0 Å². The van der Waals surface area contributed by atoms with Crippen LogP contribution in [0.25, 0.3) is 0 Å². The van der Waals surface area contributed by atoms with Gasteiger partial charge in [0, 0.05) is 18.4 Å². The molecule has 0 aromatic heterocycles. The first kappa shape index (κ1) is 12.4. The molecule has 1 aromatic carbocycles. The predicted octanol–water partition coefficient (Wildman–Crippen LogP) is 2.64. The van der Waals surface area contributed by atoms with Gasteiger partial charge in [0.15, 0.2) is 0 Å². The monoisotopic (exact) mass is 222 g/mol. The van der Waals surface area contributed by atoms with Crippen LogP contribution in [0.2, 0.25) is 0 Å². The molecular formula is C12H18N2O2. The Morgan fingerprint density at radius 2 is 1.75 bits per heavy atom. The van der Waals surface area contributed by atoms with Gasteiger partial charge in [-0.1, -0.05) is 0 Å².